The minimum atomic E-state index is -0.204. The van der Waals surface area contributed by atoms with Gasteiger partial charge in [0, 0.05) is 18.6 Å². The predicted molar refractivity (Wildman–Crippen MR) is 88.8 cm³/mol. The van der Waals surface area contributed by atoms with Crippen LogP contribution in [0.25, 0.3) is 5.69 Å². The number of carbonyl (C=O) groups excluding carboxylic acids is 1. The highest BCUT2D eigenvalue weighted by atomic mass is 16.3. The number of aromatic nitrogens is 3. The Balaban J connectivity index is 1.48. The van der Waals surface area contributed by atoms with E-state index in [1.54, 1.807) is 10.9 Å². The topological polar surface area (TPSA) is 80.0 Å². The van der Waals surface area contributed by atoms with Crippen molar-refractivity contribution in [1.82, 2.24) is 20.3 Å². The zero-order chi connectivity index (χ0) is 16.7. The zero-order valence-electron chi connectivity index (χ0n) is 13.7. The summed E-state index contributed by atoms with van der Waals surface area (Å²) >= 11 is 0. The molecule has 6 heteroatoms. The van der Waals surface area contributed by atoms with Crippen molar-refractivity contribution in [2.45, 2.75) is 32.2 Å². The summed E-state index contributed by atoms with van der Waals surface area (Å²) < 4.78 is 1.61. The maximum absolute atomic E-state index is 12.5. The van der Waals surface area contributed by atoms with Gasteiger partial charge in [-0.2, -0.15) is 0 Å². The van der Waals surface area contributed by atoms with Crippen molar-refractivity contribution < 1.29 is 9.90 Å². The lowest BCUT2D eigenvalue weighted by molar-refractivity contribution is 0.0856. The van der Waals surface area contributed by atoms with Crippen LogP contribution in [-0.2, 0) is 0 Å². The second-order valence-corrected chi connectivity index (χ2v) is 7.06. The molecule has 2 N–H and O–H groups in total. The summed E-state index contributed by atoms with van der Waals surface area (Å²) in [6.07, 6.45) is 5.08. The molecule has 126 valence electrons. The van der Waals surface area contributed by atoms with Crippen LogP contribution in [0.3, 0.4) is 0 Å². The van der Waals surface area contributed by atoms with Gasteiger partial charge in [-0.25, -0.2) is 4.68 Å². The van der Waals surface area contributed by atoms with E-state index in [-0.39, 0.29) is 24.5 Å². The molecular formula is C18H22N4O2. The number of nitrogens with zero attached hydrogens (tertiary/aromatic N) is 3. The first kappa shape index (κ1) is 15.3. The van der Waals surface area contributed by atoms with Crippen molar-refractivity contribution in [3.63, 3.8) is 0 Å². The number of hydrogen-bond acceptors (Lipinski definition) is 4. The lowest BCUT2D eigenvalue weighted by atomic mass is 9.85. The third-order valence-corrected chi connectivity index (χ3v) is 5.62. The van der Waals surface area contributed by atoms with Crippen molar-refractivity contribution >= 4 is 5.91 Å². The quantitative estimate of drug-likeness (QED) is 0.896. The van der Waals surface area contributed by atoms with Crippen LogP contribution >= 0.6 is 0 Å². The van der Waals surface area contributed by atoms with Gasteiger partial charge in [0.1, 0.15) is 0 Å². The monoisotopic (exact) mass is 326 g/mol. The van der Waals surface area contributed by atoms with Crippen molar-refractivity contribution in [3.8, 4) is 5.69 Å². The van der Waals surface area contributed by atoms with E-state index in [0.29, 0.717) is 17.5 Å². The van der Waals surface area contributed by atoms with Crippen LogP contribution in [0.5, 0.6) is 0 Å². The fraction of sp³-hybridized carbons (Fsp3) is 0.500. The van der Waals surface area contributed by atoms with E-state index < -0.39 is 0 Å². The third-order valence-electron chi connectivity index (χ3n) is 5.62. The van der Waals surface area contributed by atoms with Crippen LogP contribution in [0.4, 0.5) is 0 Å². The molecule has 1 heterocycles. The van der Waals surface area contributed by atoms with Crippen LogP contribution in [0.1, 0.15) is 35.3 Å². The molecular weight excluding hydrogens is 304 g/mol. The van der Waals surface area contributed by atoms with E-state index in [0.717, 1.165) is 18.5 Å². The maximum atomic E-state index is 12.5. The van der Waals surface area contributed by atoms with Crippen molar-refractivity contribution in [2.24, 2.45) is 17.8 Å². The Kier molecular flexibility index (Phi) is 3.84. The fourth-order valence-corrected chi connectivity index (χ4v) is 4.31. The first-order valence-electron chi connectivity index (χ1n) is 8.57. The lowest BCUT2D eigenvalue weighted by Gasteiger charge is -2.30. The van der Waals surface area contributed by atoms with Gasteiger partial charge in [0.15, 0.2) is 5.69 Å². The molecule has 2 bridgehead atoms. The fourth-order valence-electron chi connectivity index (χ4n) is 4.31. The molecule has 0 spiro atoms. The van der Waals surface area contributed by atoms with Gasteiger partial charge in [-0.05, 0) is 50.2 Å². The van der Waals surface area contributed by atoms with Gasteiger partial charge in [-0.15, -0.1) is 5.10 Å². The Bertz CT molecular complexity index is 740. The van der Waals surface area contributed by atoms with Crippen LogP contribution in [0.2, 0.25) is 0 Å². The first-order chi connectivity index (χ1) is 11.7. The Morgan fingerprint density at radius 1 is 1.29 bits per heavy atom. The molecule has 1 aromatic carbocycles. The SMILES string of the molecule is Cc1ccc(-n2cc(C(=O)NC3C4CCC(C4)C3CO)nn2)cc1. The van der Waals surface area contributed by atoms with Crippen molar-refractivity contribution in [2.75, 3.05) is 6.61 Å². The molecule has 0 aliphatic heterocycles. The molecule has 2 aliphatic carbocycles. The molecule has 2 aliphatic rings. The van der Waals surface area contributed by atoms with E-state index >= 15 is 0 Å². The number of fused-ring (bicyclic) bond motifs is 2. The van der Waals surface area contributed by atoms with Gasteiger partial charge in [0.25, 0.3) is 5.91 Å². The van der Waals surface area contributed by atoms with Crippen LogP contribution in [0, 0.1) is 24.7 Å². The molecule has 2 fully saturated rings. The molecule has 1 aromatic heterocycles. The normalized spacial score (nSPS) is 28.2. The van der Waals surface area contributed by atoms with Crippen molar-refractivity contribution in [1.29, 1.82) is 0 Å². The second-order valence-electron chi connectivity index (χ2n) is 7.06. The highest BCUT2D eigenvalue weighted by Crippen LogP contribution is 2.48. The number of aryl methyl sites for hydroxylation is 1. The zero-order valence-corrected chi connectivity index (χ0v) is 13.7. The number of rotatable bonds is 4. The van der Waals surface area contributed by atoms with Crippen molar-refractivity contribution in [3.05, 3.63) is 41.7 Å². The predicted octanol–water partition coefficient (Wildman–Crippen LogP) is 1.71. The summed E-state index contributed by atoms with van der Waals surface area (Å²) in [5.74, 6) is 1.01. The maximum Gasteiger partial charge on any atom is 0.273 e. The number of aliphatic hydroxyl groups is 1. The summed E-state index contributed by atoms with van der Waals surface area (Å²) in [6.45, 7) is 2.17. The van der Waals surface area contributed by atoms with E-state index in [1.807, 2.05) is 31.2 Å². The van der Waals surface area contributed by atoms with Gasteiger partial charge in [-0.3, -0.25) is 4.79 Å². The number of carbonyl (C=O) groups is 1. The van der Waals surface area contributed by atoms with Gasteiger partial charge in [-0.1, -0.05) is 22.9 Å². The largest absolute Gasteiger partial charge is 0.396 e. The Hall–Kier alpha value is -2.21. The third kappa shape index (κ3) is 2.60. The number of hydrogen-bond donors (Lipinski definition) is 2. The molecule has 2 saturated carbocycles. The average molecular weight is 326 g/mol. The minimum Gasteiger partial charge on any atom is -0.396 e. The number of amides is 1. The molecule has 4 unspecified atom stereocenters. The van der Waals surface area contributed by atoms with Crippen LogP contribution in [0.15, 0.2) is 30.5 Å². The van der Waals surface area contributed by atoms with Crippen LogP contribution < -0.4 is 5.32 Å². The molecule has 6 nitrogen and oxygen atoms in total. The van der Waals surface area contributed by atoms with E-state index in [4.69, 9.17) is 0 Å². The summed E-state index contributed by atoms with van der Waals surface area (Å²) in [4.78, 5) is 12.5. The van der Waals surface area contributed by atoms with Gasteiger partial charge >= 0.3 is 0 Å². The smallest absolute Gasteiger partial charge is 0.273 e. The Morgan fingerprint density at radius 2 is 2.04 bits per heavy atom. The molecule has 0 saturated heterocycles. The summed E-state index contributed by atoms with van der Waals surface area (Å²) in [6, 6.07) is 7.95. The summed E-state index contributed by atoms with van der Waals surface area (Å²) in [7, 11) is 0. The molecule has 0 radical (unpaired) electrons. The van der Waals surface area contributed by atoms with Gasteiger partial charge in [0.2, 0.25) is 0 Å². The summed E-state index contributed by atoms with van der Waals surface area (Å²) in [5.41, 5.74) is 2.36. The molecule has 4 atom stereocenters. The Labute approximate surface area is 140 Å². The van der Waals surface area contributed by atoms with E-state index in [2.05, 4.69) is 15.6 Å². The van der Waals surface area contributed by atoms with E-state index in [9.17, 15) is 9.90 Å². The lowest BCUT2D eigenvalue weighted by Crippen LogP contribution is -2.45. The molecule has 1 amide bonds. The standard InChI is InChI=1S/C18H22N4O2/c1-11-2-6-14(7-3-11)22-9-16(20-21-22)18(24)19-17-13-5-4-12(8-13)15(17)10-23/h2-3,6-7,9,12-13,15,17,23H,4-5,8,10H2,1H3,(H,19,24). The second kappa shape index (κ2) is 6.02. The Morgan fingerprint density at radius 3 is 2.79 bits per heavy atom. The highest BCUT2D eigenvalue weighted by Gasteiger charge is 2.47. The van der Waals surface area contributed by atoms with Crippen LogP contribution in [-0.4, -0.2) is 38.7 Å². The molecule has 2 aromatic rings. The number of nitrogens with one attached hydrogen (secondary N) is 1. The average Bonchev–Trinajstić information content (AvgIpc) is 3.31. The highest BCUT2D eigenvalue weighted by molar-refractivity contribution is 5.92. The number of benzene rings is 1. The molecule has 4 rings (SSSR count). The minimum absolute atomic E-state index is 0.0609. The number of aliphatic hydroxyl groups excluding tert-OH is 1. The summed E-state index contributed by atoms with van der Waals surface area (Å²) in [5, 5.41) is 20.8. The molecule has 24 heavy (non-hydrogen) atoms. The first-order valence-corrected chi connectivity index (χ1v) is 8.57. The van der Waals surface area contributed by atoms with Gasteiger partial charge < -0.3 is 10.4 Å². The van der Waals surface area contributed by atoms with E-state index in [1.165, 1.54) is 12.0 Å². The van der Waals surface area contributed by atoms with Gasteiger partial charge in [0.05, 0.1) is 11.9 Å².